The van der Waals surface area contributed by atoms with Crippen molar-refractivity contribution in [1.29, 1.82) is 0 Å². The second-order valence-corrected chi connectivity index (χ2v) is 7.64. The summed E-state index contributed by atoms with van der Waals surface area (Å²) in [5, 5.41) is 10.7. The summed E-state index contributed by atoms with van der Waals surface area (Å²) < 4.78 is 18.7. The van der Waals surface area contributed by atoms with Gasteiger partial charge in [0.05, 0.1) is 12.4 Å². The molecule has 0 aromatic carbocycles. The Hall–Kier alpha value is -0.883. The van der Waals surface area contributed by atoms with E-state index in [0.717, 1.165) is 0 Å². The van der Waals surface area contributed by atoms with Gasteiger partial charge >= 0.3 is 6.09 Å². The van der Waals surface area contributed by atoms with Crippen LogP contribution in [0.4, 0.5) is 9.18 Å². The van der Waals surface area contributed by atoms with Crippen LogP contribution in [0.1, 0.15) is 20.8 Å². The lowest BCUT2D eigenvalue weighted by atomic mass is 9.85. The highest BCUT2D eigenvalue weighted by Gasteiger charge is 2.30. The van der Waals surface area contributed by atoms with Gasteiger partial charge in [-0.1, -0.05) is 20.8 Å². The predicted molar refractivity (Wildman–Crippen MR) is 68.4 cm³/mol. The van der Waals surface area contributed by atoms with Crippen LogP contribution in [0.5, 0.6) is 0 Å². The van der Waals surface area contributed by atoms with Gasteiger partial charge in [0.1, 0.15) is 0 Å². The van der Waals surface area contributed by atoms with Gasteiger partial charge in [-0.25, -0.2) is 9.18 Å². The van der Waals surface area contributed by atoms with Crippen molar-refractivity contribution >= 4 is 15.1 Å². The van der Waals surface area contributed by atoms with Gasteiger partial charge in [-0.3, -0.25) is 0 Å². The van der Waals surface area contributed by atoms with E-state index in [0.29, 0.717) is 11.9 Å². The largest absolute Gasteiger partial charge is 0.465 e. The Morgan fingerprint density at radius 1 is 1.53 bits per heavy atom. The minimum Gasteiger partial charge on any atom is -0.465 e. The number of amides is 1. The maximum Gasteiger partial charge on any atom is 0.404 e. The first-order valence-electron chi connectivity index (χ1n) is 5.60. The summed E-state index contributed by atoms with van der Waals surface area (Å²) in [4.78, 5) is 10.4. The van der Waals surface area contributed by atoms with Crippen LogP contribution in [-0.4, -0.2) is 32.9 Å². The first-order valence-corrected chi connectivity index (χ1v) is 8.38. The highest BCUT2D eigenvalue weighted by Crippen LogP contribution is 2.28. The molecule has 0 saturated heterocycles. The Balaban J connectivity index is 4.81. The Morgan fingerprint density at radius 3 is 2.35 bits per heavy atom. The third kappa shape index (κ3) is 6.43. The van der Waals surface area contributed by atoms with Crippen molar-refractivity contribution in [3.8, 4) is 0 Å². The van der Waals surface area contributed by atoms with Crippen LogP contribution in [0, 0.1) is 5.41 Å². The van der Waals surface area contributed by atoms with Crippen LogP contribution in [-0.2, 0) is 4.43 Å². The highest BCUT2D eigenvalue weighted by atomic mass is 28.3. The molecule has 0 aromatic rings. The van der Waals surface area contributed by atoms with Gasteiger partial charge in [0.2, 0.25) is 0 Å². The SMILES string of the molecule is C[SiH](C)OC(/C(=C/F)CNC(=O)O)C(C)(C)C. The topological polar surface area (TPSA) is 58.6 Å². The van der Waals surface area contributed by atoms with Gasteiger partial charge in [0.15, 0.2) is 9.04 Å². The molecule has 17 heavy (non-hydrogen) atoms. The molecule has 4 nitrogen and oxygen atoms in total. The zero-order valence-corrected chi connectivity index (χ0v) is 12.2. The fourth-order valence-electron chi connectivity index (χ4n) is 1.49. The maximum atomic E-state index is 12.9. The summed E-state index contributed by atoms with van der Waals surface area (Å²) in [6, 6.07) is 0. The molecule has 1 amide bonds. The molecule has 6 heteroatoms. The van der Waals surface area contributed by atoms with Crippen LogP contribution >= 0.6 is 0 Å². The van der Waals surface area contributed by atoms with Gasteiger partial charge < -0.3 is 14.8 Å². The van der Waals surface area contributed by atoms with Crippen molar-refractivity contribution < 1.29 is 18.7 Å². The number of halogens is 1. The fourth-order valence-corrected chi connectivity index (χ4v) is 2.61. The first-order chi connectivity index (χ1) is 7.68. The first kappa shape index (κ1) is 16.1. The van der Waals surface area contributed by atoms with Crippen LogP contribution in [0.3, 0.4) is 0 Å². The number of hydrogen-bond acceptors (Lipinski definition) is 2. The van der Waals surface area contributed by atoms with Crippen LogP contribution in [0.25, 0.3) is 0 Å². The molecule has 1 unspecified atom stereocenters. The lowest BCUT2D eigenvalue weighted by Gasteiger charge is -2.34. The molecular formula is C11H22FNO3Si. The van der Waals surface area contributed by atoms with Crippen molar-refractivity contribution in [1.82, 2.24) is 5.32 Å². The molecule has 0 spiro atoms. The molecule has 0 aliphatic carbocycles. The minimum absolute atomic E-state index is 0.0467. The van der Waals surface area contributed by atoms with Crippen molar-refractivity contribution in [2.24, 2.45) is 5.41 Å². The summed E-state index contributed by atoms with van der Waals surface area (Å²) in [5.74, 6) is 0. The van der Waals surface area contributed by atoms with Crippen molar-refractivity contribution in [3.05, 3.63) is 11.9 Å². The summed E-state index contributed by atoms with van der Waals surface area (Å²) in [5.41, 5.74) is 0.0659. The zero-order chi connectivity index (χ0) is 13.6. The van der Waals surface area contributed by atoms with Crippen molar-refractivity contribution in [2.45, 2.75) is 40.0 Å². The van der Waals surface area contributed by atoms with E-state index in [4.69, 9.17) is 9.53 Å². The van der Waals surface area contributed by atoms with Crippen molar-refractivity contribution in [3.63, 3.8) is 0 Å². The van der Waals surface area contributed by atoms with Crippen molar-refractivity contribution in [2.75, 3.05) is 6.54 Å². The van der Waals surface area contributed by atoms with E-state index < -0.39 is 21.2 Å². The third-order valence-corrected chi connectivity index (χ3v) is 2.93. The summed E-state index contributed by atoms with van der Waals surface area (Å²) in [6.07, 6.45) is -1.12. The molecule has 0 bridgehead atoms. The van der Waals surface area contributed by atoms with E-state index in [2.05, 4.69) is 5.32 Å². The number of rotatable bonds is 5. The summed E-state index contributed by atoms with van der Waals surface area (Å²) in [7, 11) is -1.33. The zero-order valence-electron chi connectivity index (χ0n) is 11.1. The standard InChI is InChI=1S/C11H22FNO3Si/c1-11(2,3)9(16-17(4)5)8(6-12)7-13-10(14)15/h6,9,13,17H,7H2,1-5H3,(H,14,15)/b8-6+. The number of nitrogens with one attached hydrogen (secondary N) is 1. The van der Waals surface area contributed by atoms with E-state index in [1.54, 1.807) is 0 Å². The normalized spacial score (nSPS) is 14.9. The van der Waals surface area contributed by atoms with Gasteiger partial charge in [-0.15, -0.1) is 0 Å². The van der Waals surface area contributed by atoms with Gasteiger partial charge in [0.25, 0.3) is 0 Å². The molecular weight excluding hydrogens is 241 g/mol. The van der Waals surface area contributed by atoms with Crippen LogP contribution < -0.4 is 5.32 Å². The Labute approximate surface area is 104 Å². The Bertz CT molecular complexity index is 287. The van der Waals surface area contributed by atoms with E-state index in [-0.39, 0.29) is 12.0 Å². The third-order valence-electron chi connectivity index (χ3n) is 2.12. The predicted octanol–water partition coefficient (Wildman–Crippen LogP) is 2.52. The lowest BCUT2D eigenvalue weighted by molar-refractivity contribution is 0.114. The highest BCUT2D eigenvalue weighted by molar-refractivity contribution is 6.48. The van der Waals surface area contributed by atoms with Gasteiger partial charge in [-0.05, 0) is 18.5 Å². The Kier molecular flexibility index (Phi) is 6.40. The fraction of sp³-hybridized carbons (Fsp3) is 0.727. The Morgan fingerprint density at radius 2 is 2.06 bits per heavy atom. The second-order valence-electron chi connectivity index (χ2n) is 5.27. The second kappa shape index (κ2) is 6.76. The molecule has 0 rings (SSSR count). The maximum absolute atomic E-state index is 12.9. The number of carboxylic acid groups (broad SMARTS) is 1. The molecule has 0 aliphatic rings. The van der Waals surface area contributed by atoms with E-state index in [1.807, 2.05) is 33.9 Å². The van der Waals surface area contributed by atoms with E-state index in [9.17, 15) is 9.18 Å². The minimum atomic E-state index is -1.33. The summed E-state index contributed by atoms with van der Waals surface area (Å²) in [6.45, 7) is 9.78. The molecule has 100 valence electrons. The van der Waals surface area contributed by atoms with E-state index in [1.165, 1.54) is 0 Å². The van der Waals surface area contributed by atoms with Crippen LogP contribution in [0.2, 0.25) is 13.1 Å². The molecule has 0 aromatic heterocycles. The molecule has 1 atom stereocenters. The summed E-state index contributed by atoms with van der Waals surface area (Å²) >= 11 is 0. The monoisotopic (exact) mass is 263 g/mol. The average Bonchev–Trinajstić information content (AvgIpc) is 2.14. The lowest BCUT2D eigenvalue weighted by Crippen LogP contribution is -2.38. The molecule has 0 aliphatic heterocycles. The van der Waals surface area contributed by atoms with Crippen LogP contribution in [0.15, 0.2) is 11.9 Å². The number of hydrogen-bond donors (Lipinski definition) is 2. The van der Waals surface area contributed by atoms with Gasteiger partial charge in [0, 0.05) is 12.1 Å². The average molecular weight is 263 g/mol. The molecule has 0 radical (unpaired) electrons. The molecule has 0 heterocycles. The van der Waals surface area contributed by atoms with Gasteiger partial charge in [-0.2, -0.15) is 0 Å². The molecule has 0 saturated carbocycles. The smallest absolute Gasteiger partial charge is 0.404 e. The number of carbonyl (C=O) groups is 1. The quantitative estimate of drug-likeness (QED) is 0.749. The molecule has 2 N–H and O–H groups in total. The van der Waals surface area contributed by atoms with E-state index >= 15 is 0 Å². The molecule has 0 fully saturated rings.